The molecule has 1 amide bonds. The molecule has 2 aromatic rings. The molecule has 0 bridgehead atoms. The van der Waals surface area contributed by atoms with Crippen LogP contribution in [0.25, 0.3) is 0 Å². The molecule has 7 nitrogen and oxygen atoms in total. The third-order valence-corrected chi connectivity index (χ3v) is 5.27. The molecule has 0 unspecified atom stereocenters. The molecule has 9 heteroatoms. The average Bonchev–Trinajstić information content (AvgIpc) is 2.71. The van der Waals surface area contributed by atoms with Crippen LogP contribution in [-0.4, -0.2) is 51.3 Å². The second kappa shape index (κ2) is 12.5. The van der Waals surface area contributed by atoms with Gasteiger partial charge in [0.25, 0.3) is 0 Å². The number of halogens is 2. The first-order chi connectivity index (χ1) is 14.7. The van der Waals surface area contributed by atoms with Crippen molar-refractivity contribution in [2.45, 2.75) is 19.3 Å². The quantitative estimate of drug-likeness (QED) is 0.538. The van der Waals surface area contributed by atoms with E-state index >= 15 is 0 Å². The number of hydrogen-bond donors (Lipinski definition) is 3. The Morgan fingerprint density at radius 1 is 1.06 bits per heavy atom. The molecule has 31 heavy (non-hydrogen) atoms. The Morgan fingerprint density at radius 2 is 1.77 bits per heavy atom. The standard InChI is InChI=1S/C14H20ClN3O2.C8H11ClN2/c15-12-10-11(16)4-5-13(12)17-14(19)20-9-8-18-6-2-1-3-7-18;1-11(2)8-4-6(9)3-7(10)5-8/h4-5,10H,1-3,6-9,16H2,(H,17,19);3-5H,10H2,1-2H3. The number of anilines is 4. The summed E-state index contributed by atoms with van der Waals surface area (Å²) in [7, 11) is 3.90. The Morgan fingerprint density at radius 3 is 2.39 bits per heavy atom. The lowest BCUT2D eigenvalue weighted by atomic mass is 10.1. The van der Waals surface area contributed by atoms with Gasteiger partial charge in [0.1, 0.15) is 6.61 Å². The van der Waals surface area contributed by atoms with Crippen LogP contribution in [0.4, 0.5) is 27.5 Å². The molecule has 0 aliphatic carbocycles. The Labute approximate surface area is 194 Å². The lowest BCUT2D eigenvalue weighted by Crippen LogP contribution is -2.33. The zero-order chi connectivity index (χ0) is 22.8. The van der Waals surface area contributed by atoms with Crippen LogP contribution in [0, 0.1) is 0 Å². The highest BCUT2D eigenvalue weighted by atomic mass is 35.5. The Kier molecular flexibility index (Phi) is 10.0. The van der Waals surface area contributed by atoms with Gasteiger partial charge >= 0.3 is 6.09 Å². The molecular formula is C22H31Cl2N5O2. The first-order valence-corrected chi connectivity index (χ1v) is 10.9. The minimum absolute atomic E-state index is 0.387. The maximum atomic E-state index is 11.6. The van der Waals surface area contributed by atoms with Crippen molar-refractivity contribution in [2.24, 2.45) is 0 Å². The molecule has 1 saturated heterocycles. The number of carbonyl (C=O) groups excluding carboxylic acids is 1. The van der Waals surface area contributed by atoms with Crippen molar-refractivity contribution >= 4 is 52.0 Å². The number of amides is 1. The smallest absolute Gasteiger partial charge is 0.411 e. The third kappa shape index (κ3) is 9.12. The number of rotatable bonds is 5. The summed E-state index contributed by atoms with van der Waals surface area (Å²) < 4.78 is 5.15. The fraction of sp³-hybridized carbons (Fsp3) is 0.409. The van der Waals surface area contributed by atoms with E-state index in [1.54, 1.807) is 24.3 Å². The van der Waals surface area contributed by atoms with E-state index in [0.29, 0.717) is 33.7 Å². The molecule has 1 heterocycles. The van der Waals surface area contributed by atoms with E-state index in [9.17, 15) is 4.79 Å². The van der Waals surface area contributed by atoms with Crippen LogP contribution in [0.2, 0.25) is 10.0 Å². The molecule has 1 fully saturated rings. The second-order valence-electron chi connectivity index (χ2n) is 7.54. The highest BCUT2D eigenvalue weighted by molar-refractivity contribution is 6.34. The van der Waals surface area contributed by atoms with Crippen molar-refractivity contribution in [1.82, 2.24) is 4.90 Å². The van der Waals surface area contributed by atoms with Gasteiger partial charge in [-0.1, -0.05) is 29.6 Å². The summed E-state index contributed by atoms with van der Waals surface area (Å²) in [4.78, 5) is 15.9. The number of benzene rings is 2. The number of nitrogens with two attached hydrogens (primary N) is 2. The highest BCUT2D eigenvalue weighted by Crippen LogP contribution is 2.24. The molecule has 1 aliphatic heterocycles. The number of nitrogens with zero attached hydrogens (tertiary/aromatic N) is 2. The Hall–Kier alpha value is -2.35. The maximum absolute atomic E-state index is 11.6. The summed E-state index contributed by atoms with van der Waals surface area (Å²) in [6, 6.07) is 10.4. The number of ether oxygens (including phenoxy) is 1. The molecule has 1 aliphatic rings. The van der Waals surface area contributed by atoms with Crippen molar-refractivity contribution in [1.29, 1.82) is 0 Å². The Bertz CT molecular complexity index is 838. The van der Waals surface area contributed by atoms with Crippen molar-refractivity contribution < 1.29 is 9.53 Å². The summed E-state index contributed by atoms with van der Waals surface area (Å²) in [6.07, 6.45) is 3.27. The predicted molar refractivity (Wildman–Crippen MR) is 131 cm³/mol. The van der Waals surface area contributed by atoms with Gasteiger partial charge < -0.3 is 21.1 Å². The van der Waals surface area contributed by atoms with Crippen LogP contribution in [0.1, 0.15) is 19.3 Å². The van der Waals surface area contributed by atoms with E-state index in [0.717, 1.165) is 25.3 Å². The van der Waals surface area contributed by atoms with E-state index in [1.165, 1.54) is 19.3 Å². The molecule has 3 rings (SSSR count). The lowest BCUT2D eigenvalue weighted by molar-refractivity contribution is 0.131. The number of piperidine rings is 1. The van der Waals surface area contributed by atoms with Gasteiger partial charge in [-0.3, -0.25) is 10.2 Å². The van der Waals surface area contributed by atoms with Crippen LogP contribution in [0.3, 0.4) is 0 Å². The zero-order valence-corrected chi connectivity index (χ0v) is 19.5. The number of likely N-dealkylation sites (tertiary alicyclic amines) is 1. The highest BCUT2D eigenvalue weighted by Gasteiger charge is 2.11. The van der Waals surface area contributed by atoms with Crippen LogP contribution < -0.4 is 21.7 Å². The minimum atomic E-state index is -0.492. The van der Waals surface area contributed by atoms with Gasteiger partial charge in [-0.05, 0) is 62.3 Å². The van der Waals surface area contributed by atoms with Crippen LogP contribution >= 0.6 is 23.2 Å². The van der Waals surface area contributed by atoms with E-state index in [2.05, 4.69) is 10.2 Å². The van der Waals surface area contributed by atoms with E-state index in [1.807, 2.05) is 31.1 Å². The van der Waals surface area contributed by atoms with Gasteiger partial charge in [-0.25, -0.2) is 4.79 Å². The summed E-state index contributed by atoms with van der Waals surface area (Å²) in [5, 5.41) is 3.68. The molecule has 170 valence electrons. The van der Waals surface area contributed by atoms with Crippen LogP contribution in [0.15, 0.2) is 36.4 Å². The third-order valence-electron chi connectivity index (χ3n) is 4.74. The van der Waals surface area contributed by atoms with Crippen molar-refractivity contribution in [2.75, 3.05) is 62.0 Å². The number of carbonyl (C=O) groups is 1. The topological polar surface area (TPSA) is 96.8 Å². The number of hydrogen-bond acceptors (Lipinski definition) is 6. The monoisotopic (exact) mass is 467 g/mol. The summed E-state index contributed by atoms with van der Waals surface area (Å²) in [5.41, 5.74) is 14.0. The molecule has 0 aromatic heterocycles. The van der Waals surface area contributed by atoms with E-state index in [-0.39, 0.29) is 0 Å². The molecule has 0 saturated carbocycles. The van der Waals surface area contributed by atoms with E-state index < -0.39 is 6.09 Å². The SMILES string of the molecule is CN(C)c1cc(N)cc(Cl)c1.Nc1ccc(NC(=O)OCCN2CCCCC2)c(Cl)c1. The van der Waals surface area contributed by atoms with Gasteiger partial charge in [-0.15, -0.1) is 0 Å². The predicted octanol–water partition coefficient (Wildman–Crippen LogP) is 4.94. The van der Waals surface area contributed by atoms with Gasteiger partial charge in [-0.2, -0.15) is 0 Å². The number of nitrogens with one attached hydrogen (secondary N) is 1. The maximum Gasteiger partial charge on any atom is 0.411 e. The molecule has 0 radical (unpaired) electrons. The first-order valence-electron chi connectivity index (χ1n) is 10.2. The number of nitrogen functional groups attached to an aromatic ring is 2. The normalized spacial score (nSPS) is 13.7. The van der Waals surface area contributed by atoms with Crippen molar-refractivity contribution in [3.63, 3.8) is 0 Å². The minimum Gasteiger partial charge on any atom is -0.448 e. The average molecular weight is 468 g/mol. The fourth-order valence-corrected chi connectivity index (χ4v) is 3.56. The Balaban J connectivity index is 0.000000262. The molecule has 2 aromatic carbocycles. The van der Waals surface area contributed by atoms with Crippen molar-refractivity contribution in [3.05, 3.63) is 46.4 Å². The first kappa shape index (κ1) is 24.9. The van der Waals surface area contributed by atoms with Gasteiger partial charge in [0.2, 0.25) is 0 Å². The van der Waals surface area contributed by atoms with Crippen LogP contribution in [-0.2, 0) is 4.74 Å². The molecule has 0 atom stereocenters. The second-order valence-corrected chi connectivity index (χ2v) is 8.38. The van der Waals surface area contributed by atoms with Crippen LogP contribution in [0.5, 0.6) is 0 Å². The van der Waals surface area contributed by atoms with Gasteiger partial charge in [0.15, 0.2) is 0 Å². The largest absolute Gasteiger partial charge is 0.448 e. The van der Waals surface area contributed by atoms with Crippen molar-refractivity contribution in [3.8, 4) is 0 Å². The zero-order valence-electron chi connectivity index (χ0n) is 18.0. The fourth-order valence-electron chi connectivity index (χ4n) is 3.08. The summed E-state index contributed by atoms with van der Waals surface area (Å²) >= 11 is 11.8. The van der Waals surface area contributed by atoms with Gasteiger partial charge in [0, 0.05) is 42.7 Å². The summed E-state index contributed by atoms with van der Waals surface area (Å²) in [6.45, 7) is 3.35. The molecule has 5 N–H and O–H groups in total. The van der Waals surface area contributed by atoms with Gasteiger partial charge in [0.05, 0.1) is 10.7 Å². The molecular weight excluding hydrogens is 437 g/mol. The lowest BCUT2D eigenvalue weighted by Gasteiger charge is -2.25. The molecule has 0 spiro atoms. The summed E-state index contributed by atoms with van der Waals surface area (Å²) in [5.74, 6) is 0. The van der Waals surface area contributed by atoms with E-state index in [4.69, 9.17) is 39.4 Å².